The van der Waals surface area contributed by atoms with Gasteiger partial charge in [0.2, 0.25) is 11.7 Å². The number of nitrogens with zero attached hydrogens (tertiary/aromatic N) is 3. The predicted octanol–water partition coefficient (Wildman–Crippen LogP) is 3.37. The Labute approximate surface area is 131 Å². The minimum Gasteiger partial charge on any atom is -0.341 e. The van der Waals surface area contributed by atoms with Gasteiger partial charge in [0, 0.05) is 25.1 Å². The Hall–Kier alpha value is -2.38. The summed E-state index contributed by atoms with van der Waals surface area (Å²) in [5.41, 5.74) is 1.26. The number of amides is 1. The van der Waals surface area contributed by atoms with Crippen LogP contribution in [-0.4, -0.2) is 28.0 Å². The van der Waals surface area contributed by atoms with Gasteiger partial charge in [0.1, 0.15) is 0 Å². The number of hydrogen-bond donors (Lipinski definition) is 0. The van der Waals surface area contributed by atoms with E-state index >= 15 is 0 Å². The zero-order valence-electron chi connectivity index (χ0n) is 12.9. The third kappa shape index (κ3) is 4.08. The van der Waals surface area contributed by atoms with Crippen LogP contribution < -0.4 is 0 Å². The number of halogens is 3. The highest BCUT2D eigenvalue weighted by atomic mass is 19.4. The maximum Gasteiger partial charge on any atom is 0.471 e. The van der Waals surface area contributed by atoms with Crippen molar-refractivity contribution >= 4 is 5.91 Å². The van der Waals surface area contributed by atoms with Crippen LogP contribution in [0.5, 0.6) is 0 Å². The SMILES string of the molecule is CC(C)C(=O)N(C)Cc1ccc(-c2noc(C(F)(F)F)n2)cc1. The molecule has 8 heteroatoms. The van der Waals surface area contributed by atoms with Crippen LogP contribution in [-0.2, 0) is 17.5 Å². The number of alkyl halides is 3. The lowest BCUT2D eigenvalue weighted by molar-refractivity contribution is -0.159. The lowest BCUT2D eigenvalue weighted by atomic mass is 10.1. The van der Waals surface area contributed by atoms with Crippen LogP contribution >= 0.6 is 0 Å². The van der Waals surface area contributed by atoms with E-state index < -0.39 is 12.1 Å². The zero-order chi connectivity index (χ0) is 17.2. The molecule has 0 saturated heterocycles. The molecule has 0 spiro atoms. The van der Waals surface area contributed by atoms with Gasteiger partial charge in [-0.05, 0) is 5.56 Å². The fraction of sp³-hybridized carbons (Fsp3) is 0.400. The van der Waals surface area contributed by atoms with Gasteiger partial charge in [0.25, 0.3) is 0 Å². The highest BCUT2D eigenvalue weighted by molar-refractivity contribution is 5.77. The molecule has 0 saturated carbocycles. The molecule has 0 atom stereocenters. The monoisotopic (exact) mass is 327 g/mol. The summed E-state index contributed by atoms with van der Waals surface area (Å²) >= 11 is 0. The Morgan fingerprint density at radius 2 is 1.87 bits per heavy atom. The van der Waals surface area contributed by atoms with Gasteiger partial charge >= 0.3 is 12.1 Å². The second kappa shape index (κ2) is 6.39. The molecule has 0 fully saturated rings. The molecule has 124 valence electrons. The number of carbonyl (C=O) groups excluding carboxylic acids is 1. The van der Waals surface area contributed by atoms with E-state index in [-0.39, 0.29) is 17.6 Å². The molecule has 0 aliphatic carbocycles. The number of rotatable bonds is 4. The molecule has 1 heterocycles. The zero-order valence-corrected chi connectivity index (χ0v) is 12.9. The highest BCUT2D eigenvalue weighted by Crippen LogP contribution is 2.29. The Bertz CT molecular complexity index is 678. The maximum absolute atomic E-state index is 12.4. The molecule has 0 bridgehead atoms. The minimum absolute atomic E-state index is 0.0158. The van der Waals surface area contributed by atoms with Crippen LogP contribution in [0.15, 0.2) is 28.8 Å². The first-order valence-electron chi connectivity index (χ1n) is 6.93. The first-order chi connectivity index (χ1) is 10.7. The molecule has 1 amide bonds. The standard InChI is InChI=1S/C15H16F3N3O2/c1-9(2)13(22)21(3)8-10-4-6-11(7-5-10)12-19-14(23-20-12)15(16,17)18/h4-7,9H,8H2,1-3H3. The molecule has 0 aliphatic rings. The van der Waals surface area contributed by atoms with Crippen LogP contribution in [0, 0.1) is 5.92 Å². The van der Waals surface area contributed by atoms with Crippen molar-refractivity contribution in [1.82, 2.24) is 15.0 Å². The van der Waals surface area contributed by atoms with Crippen LogP contribution in [0.25, 0.3) is 11.4 Å². The number of carbonyl (C=O) groups is 1. The van der Waals surface area contributed by atoms with Crippen molar-refractivity contribution in [3.63, 3.8) is 0 Å². The number of aromatic nitrogens is 2. The highest BCUT2D eigenvalue weighted by Gasteiger charge is 2.38. The van der Waals surface area contributed by atoms with Crippen LogP contribution in [0.2, 0.25) is 0 Å². The first-order valence-corrected chi connectivity index (χ1v) is 6.93. The van der Waals surface area contributed by atoms with Crippen molar-refractivity contribution in [3.05, 3.63) is 35.7 Å². The van der Waals surface area contributed by atoms with E-state index in [1.54, 1.807) is 36.2 Å². The van der Waals surface area contributed by atoms with E-state index in [1.807, 2.05) is 13.8 Å². The summed E-state index contributed by atoms with van der Waals surface area (Å²) in [5.74, 6) is -1.59. The molecular weight excluding hydrogens is 311 g/mol. The second-order valence-electron chi connectivity index (χ2n) is 5.47. The lowest BCUT2D eigenvalue weighted by Crippen LogP contribution is -2.29. The summed E-state index contributed by atoms with van der Waals surface area (Å²) in [6.45, 7) is 4.05. The van der Waals surface area contributed by atoms with Crippen molar-refractivity contribution in [2.45, 2.75) is 26.6 Å². The Kier molecular flexibility index (Phi) is 4.72. The average molecular weight is 327 g/mol. The lowest BCUT2D eigenvalue weighted by Gasteiger charge is -2.19. The molecule has 0 unspecified atom stereocenters. The predicted molar refractivity (Wildman–Crippen MR) is 76.0 cm³/mol. The summed E-state index contributed by atoms with van der Waals surface area (Å²) in [5, 5.41) is 3.32. The Morgan fingerprint density at radius 3 is 2.35 bits per heavy atom. The second-order valence-corrected chi connectivity index (χ2v) is 5.47. The van der Waals surface area contributed by atoms with Gasteiger partial charge in [-0.1, -0.05) is 43.3 Å². The molecule has 0 radical (unpaired) electrons. The third-order valence-corrected chi connectivity index (χ3v) is 3.17. The van der Waals surface area contributed by atoms with Gasteiger partial charge in [0.15, 0.2) is 0 Å². The van der Waals surface area contributed by atoms with Gasteiger partial charge in [-0.2, -0.15) is 18.2 Å². The quantitative estimate of drug-likeness (QED) is 0.864. The van der Waals surface area contributed by atoms with E-state index in [1.165, 1.54) is 0 Å². The van der Waals surface area contributed by atoms with Gasteiger partial charge in [0.05, 0.1) is 0 Å². The molecule has 23 heavy (non-hydrogen) atoms. The molecule has 5 nitrogen and oxygen atoms in total. The molecule has 2 rings (SSSR count). The molecule has 0 aliphatic heterocycles. The topological polar surface area (TPSA) is 59.2 Å². The minimum atomic E-state index is -4.66. The van der Waals surface area contributed by atoms with Crippen molar-refractivity contribution in [2.75, 3.05) is 7.05 Å². The Morgan fingerprint density at radius 1 is 1.26 bits per heavy atom. The van der Waals surface area contributed by atoms with Crippen molar-refractivity contribution in [3.8, 4) is 11.4 Å². The largest absolute Gasteiger partial charge is 0.471 e. The smallest absolute Gasteiger partial charge is 0.341 e. The summed E-state index contributed by atoms with van der Waals surface area (Å²) < 4.78 is 41.5. The van der Waals surface area contributed by atoms with Gasteiger partial charge in [-0.25, -0.2) is 0 Å². The van der Waals surface area contributed by atoms with E-state index in [0.717, 1.165) is 5.56 Å². The van der Waals surface area contributed by atoms with Gasteiger partial charge in [-0.15, -0.1) is 0 Å². The molecule has 2 aromatic rings. The summed E-state index contributed by atoms with van der Waals surface area (Å²) in [6.07, 6.45) is -4.66. The molecule has 0 N–H and O–H groups in total. The summed E-state index contributed by atoms with van der Waals surface area (Å²) in [7, 11) is 1.70. The first kappa shape index (κ1) is 17.0. The van der Waals surface area contributed by atoms with Crippen LogP contribution in [0.4, 0.5) is 13.2 Å². The number of benzene rings is 1. The maximum atomic E-state index is 12.4. The molecule has 1 aromatic heterocycles. The Balaban J connectivity index is 2.11. The summed E-state index contributed by atoms with van der Waals surface area (Å²) in [4.78, 5) is 16.7. The van der Waals surface area contributed by atoms with Gasteiger partial charge < -0.3 is 9.42 Å². The van der Waals surface area contributed by atoms with Crippen LogP contribution in [0.3, 0.4) is 0 Å². The summed E-state index contributed by atoms with van der Waals surface area (Å²) in [6, 6.07) is 6.61. The van der Waals surface area contributed by atoms with E-state index in [9.17, 15) is 18.0 Å². The normalized spacial score (nSPS) is 11.8. The van der Waals surface area contributed by atoms with E-state index in [2.05, 4.69) is 14.7 Å². The molecular formula is C15H16F3N3O2. The number of hydrogen-bond acceptors (Lipinski definition) is 4. The van der Waals surface area contributed by atoms with Crippen molar-refractivity contribution < 1.29 is 22.5 Å². The van der Waals surface area contributed by atoms with E-state index in [4.69, 9.17) is 0 Å². The van der Waals surface area contributed by atoms with Crippen molar-refractivity contribution in [1.29, 1.82) is 0 Å². The molecule has 1 aromatic carbocycles. The fourth-order valence-corrected chi connectivity index (χ4v) is 2.01. The van der Waals surface area contributed by atoms with Crippen molar-refractivity contribution in [2.24, 2.45) is 5.92 Å². The third-order valence-electron chi connectivity index (χ3n) is 3.17. The fourth-order valence-electron chi connectivity index (χ4n) is 2.01. The van der Waals surface area contributed by atoms with Gasteiger partial charge in [-0.3, -0.25) is 4.79 Å². The van der Waals surface area contributed by atoms with E-state index in [0.29, 0.717) is 12.1 Å². The van der Waals surface area contributed by atoms with Crippen LogP contribution in [0.1, 0.15) is 25.3 Å². The average Bonchev–Trinajstić information content (AvgIpc) is 2.97.